The summed E-state index contributed by atoms with van der Waals surface area (Å²) in [6.07, 6.45) is 3.56. The largest absolute Gasteiger partial charge is 0.349 e. The first-order valence-electron chi connectivity index (χ1n) is 3.51. The van der Waals surface area contributed by atoms with Gasteiger partial charge in [0.25, 0.3) is 0 Å². The van der Waals surface area contributed by atoms with Crippen LogP contribution in [-0.2, 0) is 4.74 Å². The normalized spacial score (nSPS) is 41.0. The van der Waals surface area contributed by atoms with Crippen molar-refractivity contribution < 1.29 is 4.74 Å². The molecule has 1 aliphatic heterocycles. The van der Waals surface area contributed by atoms with E-state index in [1.165, 1.54) is 12.8 Å². The summed E-state index contributed by atoms with van der Waals surface area (Å²) in [6.45, 7) is 4.25. The predicted octanol–water partition coefficient (Wildman–Crippen LogP) is 2.53. The lowest BCUT2D eigenvalue weighted by Crippen LogP contribution is -2.05. The molecule has 0 radical (unpaired) electrons. The van der Waals surface area contributed by atoms with Gasteiger partial charge in [0.05, 0.1) is 0 Å². The Hall–Kier alpha value is 0.250. The first-order valence-corrected chi connectivity index (χ1v) is 3.94. The highest BCUT2D eigenvalue weighted by atomic mass is 35.5. The van der Waals surface area contributed by atoms with Crippen molar-refractivity contribution in [3.05, 3.63) is 0 Å². The van der Waals surface area contributed by atoms with Gasteiger partial charge in [0.2, 0.25) is 0 Å². The SMILES string of the molecule is CCCCC1(C)OC1Cl. The minimum absolute atomic E-state index is 0.0101. The highest BCUT2D eigenvalue weighted by molar-refractivity contribution is 6.22. The molecule has 0 aliphatic carbocycles. The Balaban J connectivity index is 2.13. The summed E-state index contributed by atoms with van der Waals surface area (Å²) >= 11 is 5.71. The van der Waals surface area contributed by atoms with E-state index in [0.29, 0.717) is 0 Å². The molecule has 54 valence electrons. The molecular weight excluding hydrogens is 136 g/mol. The smallest absolute Gasteiger partial charge is 0.160 e. The van der Waals surface area contributed by atoms with Gasteiger partial charge in [-0.05, 0) is 13.3 Å². The molecule has 0 saturated carbocycles. The van der Waals surface area contributed by atoms with Gasteiger partial charge in [-0.3, -0.25) is 0 Å². The number of ether oxygens (including phenoxy) is 1. The Labute approximate surface area is 61.3 Å². The molecule has 1 aliphatic rings. The molecule has 2 heteroatoms. The molecule has 0 aromatic rings. The zero-order valence-corrected chi connectivity index (χ0v) is 6.74. The van der Waals surface area contributed by atoms with Gasteiger partial charge < -0.3 is 4.74 Å². The molecule has 0 spiro atoms. The van der Waals surface area contributed by atoms with Crippen LogP contribution in [0.1, 0.15) is 33.1 Å². The van der Waals surface area contributed by atoms with Crippen molar-refractivity contribution >= 4 is 11.6 Å². The molecular formula is C7H13ClO. The van der Waals surface area contributed by atoms with Crippen LogP contribution in [0.5, 0.6) is 0 Å². The van der Waals surface area contributed by atoms with E-state index in [-0.39, 0.29) is 11.2 Å². The lowest BCUT2D eigenvalue weighted by Gasteiger charge is -2.00. The van der Waals surface area contributed by atoms with Crippen molar-refractivity contribution in [3.63, 3.8) is 0 Å². The van der Waals surface area contributed by atoms with Crippen molar-refractivity contribution in [3.8, 4) is 0 Å². The van der Waals surface area contributed by atoms with Gasteiger partial charge in [0.1, 0.15) is 5.60 Å². The van der Waals surface area contributed by atoms with Crippen LogP contribution in [0.3, 0.4) is 0 Å². The maximum atomic E-state index is 5.71. The second kappa shape index (κ2) is 2.47. The lowest BCUT2D eigenvalue weighted by molar-refractivity contribution is 0.300. The number of halogens is 1. The van der Waals surface area contributed by atoms with Crippen LogP contribution in [0.2, 0.25) is 0 Å². The van der Waals surface area contributed by atoms with E-state index in [9.17, 15) is 0 Å². The first kappa shape index (κ1) is 7.36. The molecule has 1 fully saturated rings. The van der Waals surface area contributed by atoms with Crippen LogP contribution >= 0.6 is 11.6 Å². The number of hydrogen-bond donors (Lipinski definition) is 0. The summed E-state index contributed by atoms with van der Waals surface area (Å²) in [5.74, 6) is 0. The fourth-order valence-electron chi connectivity index (χ4n) is 0.903. The van der Waals surface area contributed by atoms with E-state index < -0.39 is 0 Å². The van der Waals surface area contributed by atoms with E-state index >= 15 is 0 Å². The minimum atomic E-state index is -0.0101. The number of unbranched alkanes of at least 4 members (excludes halogenated alkanes) is 1. The van der Waals surface area contributed by atoms with Gasteiger partial charge in [0.15, 0.2) is 5.56 Å². The summed E-state index contributed by atoms with van der Waals surface area (Å²) in [4.78, 5) is 0. The number of alkyl halides is 1. The zero-order chi connectivity index (χ0) is 6.91. The Morgan fingerprint density at radius 2 is 2.22 bits per heavy atom. The lowest BCUT2D eigenvalue weighted by atomic mass is 10.1. The average molecular weight is 149 g/mol. The molecule has 2 atom stereocenters. The number of epoxide rings is 1. The molecule has 1 saturated heterocycles. The predicted molar refractivity (Wildman–Crippen MR) is 38.7 cm³/mol. The Kier molecular flexibility index (Phi) is 2.02. The van der Waals surface area contributed by atoms with Crippen molar-refractivity contribution in [2.24, 2.45) is 0 Å². The van der Waals surface area contributed by atoms with Crippen LogP contribution < -0.4 is 0 Å². The quantitative estimate of drug-likeness (QED) is 0.443. The van der Waals surface area contributed by atoms with Crippen LogP contribution in [-0.4, -0.2) is 11.2 Å². The second-order valence-electron chi connectivity index (χ2n) is 2.85. The summed E-state index contributed by atoms with van der Waals surface area (Å²) in [6, 6.07) is 0. The average Bonchev–Trinajstić information content (AvgIpc) is 2.38. The van der Waals surface area contributed by atoms with Gasteiger partial charge in [-0.25, -0.2) is 0 Å². The maximum absolute atomic E-state index is 5.71. The third kappa shape index (κ3) is 1.59. The highest BCUT2D eigenvalue weighted by Crippen LogP contribution is 2.42. The van der Waals surface area contributed by atoms with Crippen molar-refractivity contribution in [1.29, 1.82) is 0 Å². The van der Waals surface area contributed by atoms with E-state index in [4.69, 9.17) is 16.3 Å². The molecule has 1 heterocycles. The van der Waals surface area contributed by atoms with Gasteiger partial charge in [-0.2, -0.15) is 0 Å². The third-order valence-corrected chi connectivity index (χ3v) is 2.37. The molecule has 2 unspecified atom stereocenters. The van der Waals surface area contributed by atoms with Crippen molar-refractivity contribution in [2.45, 2.75) is 44.3 Å². The van der Waals surface area contributed by atoms with E-state index in [1.807, 2.05) is 0 Å². The van der Waals surface area contributed by atoms with Crippen LogP contribution in [0, 0.1) is 0 Å². The number of rotatable bonds is 3. The summed E-state index contributed by atoms with van der Waals surface area (Å²) in [7, 11) is 0. The number of hydrogen-bond acceptors (Lipinski definition) is 1. The van der Waals surface area contributed by atoms with Crippen LogP contribution in [0.4, 0.5) is 0 Å². The summed E-state index contributed by atoms with van der Waals surface area (Å²) in [5.41, 5.74) is 0.0152. The maximum Gasteiger partial charge on any atom is 0.160 e. The molecule has 0 N–H and O–H groups in total. The Bertz CT molecular complexity index is 105. The Morgan fingerprint density at radius 1 is 1.67 bits per heavy atom. The molecule has 1 rings (SSSR count). The molecule has 9 heavy (non-hydrogen) atoms. The molecule has 0 aromatic heterocycles. The van der Waals surface area contributed by atoms with Gasteiger partial charge in [-0.15, -0.1) is 0 Å². The summed E-state index contributed by atoms with van der Waals surface area (Å²) < 4.78 is 5.17. The first-order chi connectivity index (χ1) is 4.19. The van der Waals surface area contributed by atoms with Gasteiger partial charge in [-0.1, -0.05) is 31.4 Å². The van der Waals surface area contributed by atoms with E-state index in [2.05, 4.69) is 13.8 Å². The van der Waals surface area contributed by atoms with Crippen molar-refractivity contribution in [1.82, 2.24) is 0 Å². The molecule has 0 bridgehead atoms. The third-order valence-electron chi connectivity index (χ3n) is 1.82. The zero-order valence-electron chi connectivity index (χ0n) is 5.98. The minimum Gasteiger partial charge on any atom is -0.349 e. The van der Waals surface area contributed by atoms with Gasteiger partial charge >= 0.3 is 0 Å². The second-order valence-corrected chi connectivity index (χ2v) is 3.25. The van der Waals surface area contributed by atoms with Crippen LogP contribution in [0.25, 0.3) is 0 Å². The van der Waals surface area contributed by atoms with E-state index in [0.717, 1.165) is 6.42 Å². The molecule has 1 nitrogen and oxygen atoms in total. The van der Waals surface area contributed by atoms with Gasteiger partial charge in [0, 0.05) is 0 Å². The van der Waals surface area contributed by atoms with E-state index in [1.54, 1.807) is 0 Å². The standard InChI is InChI=1S/C7H13ClO/c1-3-4-5-7(2)6(8)9-7/h6H,3-5H2,1-2H3. The molecule has 0 aromatic carbocycles. The summed E-state index contributed by atoms with van der Waals surface area (Å²) in [5, 5.41) is 0. The van der Waals surface area contributed by atoms with Crippen LogP contribution in [0.15, 0.2) is 0 Å². The monoisotopic (exact) mass is 148 g/mol. The molecule has 0 amide bonds. The van der Waals surface area contributed by atoms with Crippen molar-refractivity contribution in [2.75, 3.05) is 0 Å². The fourth-order valence-corrected chi connectivity index (χ4v) is 1.22. The Morgan fingerprint density at radius 3 is 2.56 bits per heavy atom. The fraction of sp³-hybridized carbons (Fsp3) is 1.00. The highest BCUT2D eigenvalue weighted by Gasteiger charge is 2.50. The topological polar surface area (TPSA) is 12.5 Å².